The monoisotopic (exact) mass is 380 g/mol. The first kappa shape index (κ1) is 46.4. The zero-order valence-corrected chi connectivity index (χ0v) is 13.5. The third-order valence-electron chi connectivity index (χ3n) is 0. The maximum absolute atomic E-state index is 9.56. The summed E-state index contributed by atoms with van der Waals surface area (Å²) in [6.45, 7) is 0. The van der Waals surface area contributed by atoms with Crippen LogP contribution in [-0.2, 0) is 41.1 Å². The third-order valence-corrected chi connectivity index (χ3v) is 0. The predicted molar refractivity (Wildman–Crippen MR) is 45.0 cm³/mol. The molecule has 0 heterocycles. The second kappa shape index (κ2) is 37.2. The summed E-state index contributed by atoms with van der Waals surface area (Å²) in [6.07, 6.45) is 6.56. The van der Waals surface area contributed by atoms with Crippen molar-refractivity contribution in [2.24, 2.45) is 0 Å². The van der Waals surface area contributed by atoms with E-state index in [-0.39, 0.29) is 62.8 Å². The third kappa shape index (κ3) is 618. The number of halogens is 3. The maximum Gasteiger partial charge on any atom is 3.00 e. The maximum atomic E-state index is 9.56. The van der Waals surface area contributed by atoms with Crippen LogP contribution in [0.4, 0.5) is 0 Å². The largest absolute Gasteiger partial charge is 3.00 e. The molecular weight excluding hydrogens is 366 g/mol. The van der Waals surface area contributed by atoms with Gasteiger partial charge in [0.2, 0.25) is 0 Å². The molecule has 3 N–H and O–H groups in total. The molecule has 13 heavy (non-hydrogen) atoms. The van der Waals surface area contributed by atoms with E-state index < -0.39 is 21.6 Å². The molecule has 3 nitrogen and oxygen atoms in total. The number of hydrogen-bond acceptors (Lipinski definition) is 3. The predicted octanol–water partition coefficient (Wildman–Crippen LogP) is -8.84. The zero-order valence-electron chi connectivity index (χ0n) is 7.83. The van der Waals surface area contributed by atoms with Crippen LogP contribution in [0.1, 0.15) is 0 Å². The van der Waals surface area contributed by atoms with Crippen LogP contribution in [0.15, 0.2) is 0 Å². The summed E-state index contributed by atoms with van der Waals surface area (Å²) in [5, 5.41) is 0. The zero-order chi connectivity index (χ0) is 7.15. The smallest absolute Gasteiger partial charge is 1.00 e. The fraction of sp³-hybridized carbons (Fsp3) is 1.00. The average molecular weight is 381 g/mol. The van der Waals surface area contributed by atoms with Gasteiger partial charge in [0.15, 0.2) is 0 Å². The van der Waals surface area contributed by atoms with Crippen LogP contribution in [0.5, 0.6) is 0 Å². The molecule has 0 fully saturated rings. The second-order valence-corrected chi connectivity index (χ2v) is 4.45. The first-order valence-corrected chi connectivity index (χ1v) is 5.90. The normalized spacial score (nSPS) is 5.38. The molecule has 0 aromatic rings. The molecule has 0 spiro atoms. The average Bonchev–Trinajstić information content (AvgIpc) is 1.25. The van der Waals surface area contributed by atoms with Crippen molar-refractivity contribution in [3.8, 4) is 0 Å². The van der Waals surface area contributed by atoms with Gasteiger partial charge in [0.25, 0.3) is 0 Å². The number of rotatable bonds is 0. The molecule has 0 bridgehead atoms. The molecule has 0 saturated heterocycles. The Morgan fingerprint density at radius 2 is 0.692 bits per heavy atom. The molecule has 0 atom stereocenters. The summed E-state index contributed by atoms with van der Waals surface area (Å²) >= 11 is 0. The van der Waals surface area contributed by atoms with Gasteiger partial charge < -0.3 is 43.4 Å². The van der Waals surface area contributed by atoms with Crippen LogP contribution in [-0.4, -0.2) is 33.4 Å². The van der Waals surface area contributed by atoms with Crippen molar-refractivity contribution in [2.75, 3.05) is 25.0 Å². The van der Waals surface area contributed by atoms with E-state index in [1.165, 1.54) is 0 Å². The minimum Gasteiger partial charge on any atom is -1.00 e. The van der Waals surface area contributed by atoms with Crippen LogP contribution in [0.3, 0.4) is 0 Å². The van der Waals surface area contributed by atoms with E-state index in [0.717, 1.165) is 0 Å². The molecular formula is C4H15Cl3NO2RuS2. The fourth-order valence-corrected chi connectivity index (χ4v) is 0. The first-order valence-electron chi connectivity index (χ1n) is 1.97. The molecule has 0 aliphatic carbocycles. The summed E-state index contributed by atoms with van der Waals surface area (Å²) in [5.41, 5.74) is 0. The standard InChI is InChI=1S/2C2H6OS.3ClH.H3N.Ru/c2*1-4(2)3;;;;;/h2*1-2H3;3*1H;1H3;/q;;;;;;+3/p-3. The summed E-state index contributed by atoms with van der Waals surface area (Å²) < 4.78 is 19.1. The molecule has 0 aromatic heterocycles. The van der Waals surface area contributed by atoms with Gasteiger partial charge in [-0.2, -0.15) is 0 Å². The molecule has 0 amide bonds. The van der Waals surface area contributed by atoms with Crippen LogP contribution < -0.4 is 43.4 Å². The number of hydrogen-bond donors (Lipinski definition) is 1. The molecule has 0 aliphatic heterocycles. The van der Waals surface area contributed by atoms with Gasteiger partial charge in [0.1, 0.15) is 0 Å². The van der Waals surface area contributed by atoms with Crippen LogP contribution in [0, 0.1) is 0 Å². The first-order chi connectivity index (χ1) is 3.46. The van der Waals surface area contributed by atoms with Gasteiger partial charge in [-0.05, 0) is 0 Å². The minimum atomic E-state index is -0.611. The van der Waals surface area contributed by atoms with Crippen molar-refractivity contribution in [1.82, 2.24) is 6.15 Å². The van der Waals surface area contributed by atoms with Crippen molar-refractivity contribution >= 4 is 21.6 Å². The van der Waals surface area contributed by atoms with Gasteiger partial charge in [0, 0.05) is 46.6 Å². The molecule has 9 heteroatoms. The molecule has 1 radical (unpaired) electrons. The molecule has 0 aliphatic rings. The SMILES string of the molecule is CS(C)=O.CS(C)=O.N.[Cl-].[Cl-].[Cl-].[Ru+3]. The Morgan fingerprint density at radius 1 is 0.692 bits per heavy atom. The van der Waals surface area contributed by atoms with Gasteiger partial charge >= 0.3 is 19.5 Å². The summed E-state index contributed by atoms with van der Waals surface area (Å²) in [4.78, 5) is 0. The second-order valence-electron chi connectivity index (χ2n) is 1.48. The van der Waals surface area contributed by atoms with Gasteiger partial charge in [-0.1, -0.05) is 0 Å². The Hall–Kier alpha value is 1.75. The summed E-state index contributed by atoms with van der Waals surface area (Å²) in [7, 11) is -1.22. The Bertz CT molecular complexity index is 89.4. The van der Waals surface area contributed by atoms with Crippen molar-refractivity contribution in [1.29, 1.82) is 0 Å². The van der Waals surface area contributed by atoms with Crippen LogP contribution >= 0.6 is 0 Å². The van der Waals surface area contributed by atoms with Gasteiger partial charge in [-0.25, -0.2) is 0 Å². The molecule has 0 aromatic carbocycles. The molecule has 0 saturated carbocycles. The van der Waals surface area contributed by atoms with Crippen LogP contribution in [0.2, 0.25) is 0 Å². The van der Waals surface area contributed by atoms with Gasteiger partial charge in [-0.15, -0.1) is 0 Å². The van der Waals surface area contributed by atoms with Crippen molar-refractivity contribution < 1.29 is 65.1 Å². The topological polar surface area (TPSA) is 69.1 Å². The van der Waals surface area contributed by atoms with E-state index in [1.807, 2.05) is 0 Å². The van der Waals surface area contributed by atoms with Crippen molar-refractivity contribution in [2.45, 2.75) is 0 Å². The quantitative estimate of drug-likeness (QED) is 0.424. The Morgan fingerprint density at radius 3 is 0.692 bits per heavy atom. The van der Waals surface area contributed by atoms with E-state index >= 15 is 0 Å². The Balaban J connectivity index is -0.00000000800. The van der Waals surface area contributed by atoms with Crippen molar-refractivity contribution in [3.05, 3.63) is 0 Å². The summed E-state index contributed by atoms with van der Waals surface area (Å²) in [5.74, 6) is 0. The van der Waals surface area contributed by atoms with E-state index in [4.69, 9.17) is 0 Å². The van der Waals surface area contributed by atoms with E-state index in [1.54, 1.807) is 25.0 Å². The summed E-state index contributed by atoms with van der Waals surface area (Å²) in [6, 6.07) is 0. The van der Waals surface area contributed by atoms with E-state index in [2.05, 4.69) is 0 Å². The van der Waals surface area contributed by atoms with E-state index in [9.17, 15) is 8.42 Å². The minimum absolute atomic E-state index is 0. The molecule has 89 valence electrons. The van der Waals surface area contributed by atoms with Crippen molar-refractivity contribution in [3.63, 3.8) is 0 Å². The molecule has 0 rings (SSSR count). The fourth-order valence-electron chi connectivity index (χ4n) is 0. The van der Waals surface area contributed by atoms with Crippen LogP contribution in [0.25, 0.3) is 0 Å². The molecule has 0 unspecified atom stereocenters. The van der Waals surface area contributed by atoms with Gasteiger partial charge in [-0.3, -0.25) is 8.42 Å². The van der Waals surface area contributed by atoms with E-state index in [0.29, 0.717) is 0 Å². The Labute approximate surface area is 117 Å². The van der Waals surface area contributed by atoms with Gasteiger partial charge in [0.05, 0.1) is 0 Å². The Kier molecular flexibility index (Phi) is 133.